The van der Waals surface area contributed by atoms with E-state index >= 15 is 0 Å². The first kappa shape index (κ1) is 13.2. The Morgan fingerprint density at radius 1 is 1.24 bits per heavy atom. The highest BCUT2D eigenvalue weighted by atomic mass is 32.1. The third-order valence-corrected chi connectivity index (χ3v) is 4.96. The van der Waals surface area contributed by atoms with Crippen molar-refractivity contribution in [1.82, 2.24) is 4.98 Å². The number of aromatic nitrogens is 1. The van der Waals surface area contributed by atoms with Crippen LogP contribution in [0.3, 0.4) is 0 Å². The minimum Gasteiger partial charge on any atom is -0.348 e. The summed E-state index contributed by atoms with van der Waals surface area (Å²) in [5.41, 5.74) is 1.28. The molecule has 0 aromatic carbocycles. The number of hydrogen-bond acceptors (Lipinski definition) is 4. The van der Waals surface area contributed by atoms with E-state index in [1.165, 1.54) is 60.9 Å². The standard InChI is InChI=1S/C13H22N2S2/c1-2-7-11-12(10-16)17-13(14-11)15-8-5-3-4-6-9-15/h16H,2-10H2,1H3. The van der Waals surface area contributed by atoms with Crippen molar-refractivity contribution < 1.29 is 0 Å². The van der Waals surface area contributed by atoms with E-state index in [4.69, 9.17) is 4.98 Å². The summed E-state index contributed by atoms with van der Waals surface area (Å²) >= 11 is 6.28. The van der Waals surface area contributed by atoms with Crippen molar-refractivity contribution in [3.8, 4) is 0 Å². The molecule has 0 amide bonds. The van der Waals surface area contributed by atoms with Crippen molar-refractivity contribution >= 4 is 29.1 Å². The van der Waals surface area contributed by atoms with E-state index in [1.54, 1.807) is 0 Å². The normalized spacial score (nSPS) is 17.2. The first-order chi connectivity index (χ1) is 8.35. The molecule has 0 N–H and O–H groups in total. The maximum Gasteiger partial charge on any atom is 0.185 e. The fourth-order valence-electron chi connectivity index (χ4n) is 2.32. The average Bonchev–Trinajstić information content (AvgIpc) is 2.58. The number of thiazole rings is 1. The van der Waals surface area contributed by atoms with Gasteiger partial charge in [0.25, 0.3) is 0 Å². The van der Waals surface area contributed by atoms with Crippen molar-refractivity contribution in [3.63, 3.8) is 0 Å². The fraction of sp³-hybridized carbons (Fsp3) is 0.769. The maximum atomic E-state index is 4.83. The van der Waals surface area contributed by atoms with Gasteiger partial charge in [-0.1, -0.05) is 26.2 Å². The molecule has 0 saturated carbocycles. The predicted octanol–water partition coefficient (Wildman–Crippen LogP) is 3.91. The zero-order chi connectivity index (χ0) is 12.1. The molecule has 0 spiro atoms. The van der Waals surface area contributed by atoms with Crippen LogP contribution in [-0.4, -0.2) is 18.1 Å². The summed E-state index contributed by atoms with van der Waals surface area (Å²) in [5.74, 6) is 0.834. The van der Waals surface area contributed by atoms with Gasteiger partial charge in [0, 0.05) is 23.7 Å². The van der Waals surface area contributed by atoms with Gasteiger partial charge in [-0.25, -0.2) is 4.98 Å². The largest absolute Gasteiger partial charge is 0.348 e. The molecule has 0 bridgehead atoms. The first-order valence-electron chi connectivity index (χ1n) is 6.69. The van der Waals surface area contributed by atoms with E-state index in [9.17, 15) is 0 Å². The summed E-state index contributed by atoms with van der Waals surface area (Å²) in [7, 11) is 0. The summed E-state index contributed by atoms with van der Waals surface area (Å²) in [6, 6.07) is 0. The van der Waals surface area contributed by atoms with E-state index < -0.39 is 0 Å². The van der Waals surface area contributed by atoms with Crippen LogP contribution in [0.2, 0.25) is 0 Å². The van der Waals surface area contributed by atoms with Crippen LogP contribution in [0.5, 0.6) is 0 Å². The number of nitrogens with zero attached hydrogens (tertiary/aromatic N) is 2. The second-order valence-corrected chi connectivity index (χ2v) is 6.05. The summed E-state index contributed by atoms with van der Waals surface area (Å²) < 4.78 is 0. The van der Waals surface area contributed by atoms with Gasteiger partial charge in [-0.3, -0.25) is 0 Å². The smallest absolute Gasteiger partial charge is 0.185 e. The molecule has 2 nitrogen and oxygen atoms in total. The molecule has 1 aromatic heterocycles. The second kappa shape index (κ2) is 6.64. The van der Waals surface area contributed by atoms with Crippen LogP contribution in [0.25, 0.3) is 0 Å². The van der Waals surface area contributed by atoms with Crippen LogP contribution >= 0.6 is 24.0 Å². The maximum absolute atomic E-state index is 4.83. The predicted molar refractivity (Wildman–Crippen MR) is 79.5 cm³/mol. The van der Waals surface area contributed by atoms with E-state index in [-0.39, 0.29) is 0 Å². The number of aryl methyl sites for hydroxylation is 1. The first-order valence-corrected chi connectivity index (χ1v) is 8.14. The van der Waals surface area contributed by atoms with Crippen molar-refractivity contribution in [2.24, 2.45) is 0 Å². The molecular formula is C13H22N2S2. The highest BCUT2D eigenvalue weighted by Gasteiger charge is 2.16. The van der Waals surface area contributed by atoms with Crippen LogP contribution in [0.15, 0.2) is 0 Å². The lowest BCUT2D eigenvalue weighted by Gasteiger charge is -2.18. The van der Waals surface area contributed by atoms with E-state index in [0.717, 1.165) is 12.2 Å². The molecule has 0 unspecified atom stereocenters. The van der Waals surface area contributed by atoms with Gasteiger partial charge in [0.05, 0.1) is 5.69 Å². The van der Waals surface area contributed by atoms with Gasteiger partial charge < -0.3 is 4.90 Å². The lowest BCUT2D eigenvalue weighted by Crippen LogP contribution is -2.23. The third-order valence-electron chi connectivity index (χ3n) is 3.27. The van der Waals surface area contributed by atoms with Gasteiger partial charge >= 0.3 is 0 Å². The Kier molecular flexibility index (Phi) is 5.16. The molecule has 0 aliphatic carbocycles. The molecule has 96 valence electrons. The Hall–Kier alpha value is -0.220. The van der Waals surface area contributed by atoms with E-state index in [1.807, 2.05) is 11.3 Å². The molecule has 1 aliphatic rings. The van der Waals surface area contributed by atoms with Gasteiger partial charge in [-0.05, 0) is 19.3 Å². The highest BCUT2D eigenvalue weighted by molar-refractivity contribution is 7.79. The van der Waals surface area contributed by atoms with Crippen molar-refractivity contribution in [2.45, 2.75) is 51.2 Å². The molecule has 0 atom stereocenters. The quantitative estimate of drug-likeness (QED) is 0.835. The Labute approximate surface area is 114 Å². The molecule has 4 heteroatoms. The van der Waals surface area contributed by atoms with Gasteiger partial charge in [0.15, 0.2) is 5.13 Å². The molecule has 1 fully saturated rings. The molecule has 1 saturated heterocycles. The summed E-state index contributed by atoms with van der Waals surface area (Å²) in [5, 5.41) is 1.24. The lowest BCUT2D eigenvalue weighted by molar-refractivity contribution is 0.726. The number of hydrogen-bond donors (Lipinski definition) is 1. The highest BCUT2D eigenvalue weighted by Crippen LogP contribution is 2.30. The molecule has 1 aromatic rings. The Morgan fingerprint density at radius 3 is 2.53 bits per heavy atom. The number of rotatable bonds is 4. The number of anilines is 1. The monoisotopic (exact) mass is 270 g/mol. The van der Waals surface area contributed by atoms with Gasteiger partial charge in [-0.2, -0.15) is 12.6 Å². The summed E-state index contributed by atoms with van der Waals surface area (Å²) in [4.78, 5) is 8.68. The van der Waals surface area contributed by atoms with Crippen LogP contribution in [-0.2, 0) is 12.2 Å². The molecule has 0 radical (unpaired) electrons. The van der Waals surface area contributed by atoms with Crippen LogP contribution in [0.4, 0.5) is 5.13 Å². The van der Waals surface area contributed by atoms with Crippen LogP contribution in [0.1, 0.15) is 49.6 Å². The fourth-order valence-corrected chi connectivity index (χ4v) is 3.72. The van der Waals surface area contributed by atoms with E-state index in [0.29, 0.717) is 0 Å². The Morgan fingerprint density at radius 2 is 1.94 bits per heavy atom. The van der Waals surface area contributed by atoms with Gasteiger partial charge in [0.2, 0.25) is 0 Å². The SMILES string of the molecule is CCCc1nc(N2CCCCCC2)sc1CS. The Balaban J connectivity index is 2.13. The average molecular weight is 270 g/mol. The second-order valence-electron chi connectivity index (χ2n) is 4.68. The minimum absolute atomic E-state index is 0.834. The number of thiol groups is 1. The van der Waals surface area contributed by atoms with Crippen molar-refractivity contribution in [1.29, 1.82) is 0 Å². The topological polar surface area (TPSA) is 16.1 Å². The van der Waals surface area contributed by atoms with Gasteiger partial charge in [-0.15, -0.1) is 11.3 Å². The molecule has 2 rings (SSSR count). The summed E-state index contributed by atoms with van der Waals surface area (Å²) in [6.45, 7) is 4.59. The third kappa shape index (κ3) is 3.38. The minimum atomic E-state index is 0.834. The van der Waals surface area contributed by atoms with Crippen molar-refractivity contribution in [2.75, 3.05) is 18.0 Å². The zero-order valence-corrected chi connectivity index (χ0v) is 12.3. The zero-order valence-electron chi connectivity index (χ0n) is 10.6. The lowest BCUT2D eigenvalue weighted by atomic mass is 10.2. The van der Waals surface area contributed by atoms with Crippen molar-refractivity contribution in [3.05, 3.63) is 10.6 Å². The summed E-state index contributed by atoms with van der Waals surface area (Å²) in [6.07, 6.45) is 7.66. The molecular weight excluding hydrogens is 248 g/mol. The Bertz CT molecular complexity index is 341. The molecule has 2 heterocycles. The molecule has 17 heavy (non-hydrogen) atoms. The van der Waals surface area contributed by atoms with Crippen LogP contribution in [0, 0.1) is 0 Å². The van der Waals surface area contributed by atoms with E-state index in [2.05, 4.69) is 24.5 Å². The molecule has 1 aliphatic heterocycles. The van der Waals surface area contributed by atoms with Gasteiger partial charge in [0.1, 0.15) is 0 Å². The van der Waals surface area contributed by atoms with Crippen LogP contribution < -0.4 is 4.90 Å².